The molecule has 0 saturated heterocycles. The van der Waals surface area contributed by atoms with Crippen molar-refractivity contribution < 1.29 is 10.2 Å². The van der Waals surface area contributed by atoms with Crippen LogP contribution in [0.1, 0.15) is 119 Å². The highest BCUT2D eigenvalue weighted by molar-refractivity contribution is 5.16. The Kier molecular flexibility index (Phi) is 7.98. The monoisotopic (exact) mass is 446 g/mol. The van der Waals surface area contributed by atoms with Crippen molar-refractivity contribution in [3.05, 3.63) is 12.7 Å². The van der Waals surface area contributed by atoms with E-state index >= 15 is 0 Å². The number of rotatable bonds is 5. The second kappa shape index (κ2) is 9.73. The van der Waals surface area contributed by atoms with Crippen LogP contribution in [0.25, 0.3) is 0 Å². The van der Waals surface area contributed by atoms with E-state index in [1.165, 1.54) is 64.2 Å². The van der Waals surface area contributed by atoms with Gasteiger partial charge in [-0.2, -0.15) is 0 Å². The Morgan fingerprint density at radius 1 is 0.969 bits per heavy atom. The van der Waals surface area contributed by atoms with Gasteiger partial charge in [0.1, 0.15) is 0 Å². The molecule has 0 aromatic carbocycles. The van der Waals surface area contributed by atoms with Gasteiger partial charge >= 0.3 is 0 Å². The summed E-state index contributed by atoms with van der Waals surface area (Å²) in [5, 5.41) is 20.7. The molecule has 4 aliphatic carbocycles. The number of aliphatic hydroxyl groups excluding tert-OH is 2. The Hall–Kier alpha value is -0.340. The first kappa shape index (κ1) is 26.3. The average molecular weight is 447 g/mol. The first-order chi connectivity index (χ1) is 15.1. The maximum absolute atomic E-state index is 10.4. The predicted molar refractivity (Wildman–Crippen MR) is 136 cm³/mol. The van der Waals surface area contributed by atoms with Gasteiger partial charge in [-0.25, -0.2) is 0 Å². The van der Waals surface area contributed by atoms with E-state index in [0.717, 1.165) is 36.5 Å². The zero-order valence-electron chi connectivity index (χ0n) is 22.3. The van der Waals surface area contributed by atoms with Crippen LogP contribution in [0, 0.1) is 45.3 Å². The van der Waals surface area contributed by atoms with Crippen LogP contribution in [-0.2, 0) is 0 Å². The lowest BCUT2D eigenvalue weighted by Crippen LogP contribution is -2.63. The third kappa shape index (κ3) is 3.94. The maximum Gasteiger partial charge on any atom is 0.0537 e. The second-order valence-electron chi connectivity index (χ2n) is 13.0. The third-order valence-electron chi connectivity index (χ3n) is 12.1. The molecule has 9 atom stereocenters. The quantitative estimate of drug-likeness (QED) is 0.423. The molecule has 4 fully saturated rings. The molecular weight excluding hydrogens is 392 g/mol. The molecule has 32 heavy (non-hydrogen) atoms. The summed E-state index contributed by atoms with van der Waals surface area (Å²) in [5.41, 5.74) is 1.45. The van der Waals surface area contributed by atoms with Gasteiger partial charge in [0.15, 0.2) is 0 Å². The number of hydrogen-bond donors (Lipinski definition) is 2. The minimum atomic E-state index is -0.127. The molecule has 0 aliphatic heterocycles. The molecule has 0 radical (unpaired) electrons. The molecule has 8 unspecified atom stereocenters. The highest BCUT2D eigenvalue weighted by Crippen LogP contribution is 2.74. The SMILES string of the molecule is C=CC.CCC(O)CCC1(C)C(C)CCC2(C)C1CCC1C3CCCC3(CO)CC[C@]12C. The Bertz CT molecular complexity index is 645. The lowest BCUT2D eigenvalue weighted by molar-refractivity contribution is -0.218. The first-order valence-corrected chi connectivity index (χ1v) is 13.9. The van der Waals surface area contributed by atoms with Gasteiger partial charge in [-0.3, -0.25) is 0 Å². The summed E-state index contributed by atoms with van der Waals surface area (Å²) in [4.78, 5) is 0. The van der Waals surface area contributed by atoms with Crippen molar-refractivity contribution in [2.45, 2.75) is 125 Å². The van der Waals surface area contributed by atoms with Crippen molar-refractivity contribution >= 4 is 0 Å². The molecule has 186 valence electrons. The summed E-state index contributed by atoms with van der Waals surface area (Å²) in [5.74, 6) is 3.12. The van der Waals surface area contributed by atoms with Gasteiger partial charge in [0.05, 0.1) is 6.10 Å². The van der Waals surface area contributed by atoms with Gasteiger partial charge in [-0.15, -0.1) is 6.58 Å². The van der Waals surface area contributed by atoms with Crippen LogP contribution in [-0.4, -0.2) is 22.9 Å². The fourth-order valence-corrected chi connectivity index (χ4v) is 9.62. The van der Waals surface area contributed by atoms with Crippen LogP contribution < -0.4 is 0 Å². The molecule has 2 heteroatoms. The number of allylic oxidation sites excluding steroid dienone is 1. The molecule has 0 heterocycles. The van der Waals surface area contributed by atoms with Crippen LogP contribution >= 0.6 is 0 Å². The second-order valence-corrected chi connectivity index (χ2v) is 13.0. The van der Waals surface area contributed by atoms with Crippen molar-refractivity contribution in [2.75, 3.05) is 6.61 Å². The van der Waals surface area contributed by atoms with Gasteiger partial charge in [0.2, 0.25) is 0 Å². The van der Waals surface area contributed by atoms with Crippen molar-refractivity contribution in [3.8, 4) is 0 Å². The normalized spacial score (nSPS) is 48.5. The first-order valence-electron chi connectivity index (χ1n) is 13.9. The molecule has 0 spiro atoms. The predicted octanol–water partition coefficient (Wildman–Crippen LogP) is 7.78. The summed E-state index contributed by atoms with van der Waals surface area (Å²) < 4.78 is 0. The van der Waals surface area contributed by atoms with E-state index in [1.807, 2.05) is 6.92 Å². The topological polar surface area (TPSA) is 40.5 Å². The number of aliphatic hydroxyl groups is 2. The lowest BCUT2D eigenvalue weighted by Gasteiger charge is -2.70. The molecule has 4 rings (SSSR count). The number of hydrogen-bond acceptors (Lipinski definition) is 2. The standard InChI is InChI=1S/C27H48O2.C3H6/c1-6-20(29)12-14-24(3)19(2)11-15-26(5)23(24)10-9-21-22-8-7-13-27(22,18-28)17-16-25(21,26)4;1-3-2/h19-23,28-29H,6-18H2,1-5H3;3H,1H2,2H3/t19?,20?,21?,22?,23?,24?,25-,26?,27?;/m1./s1. The van der Waals surface area contributed by atoms with Gasteiger partial charge in [-0.05, 0) is 123 Å². The summed E-state index contributed by atoms with van der Waals surface area (Å²) in [6.07, 6.45) is 16.7. The van der Waals surface area contributed by atoms with Crippen molar-refractivity contribution in [3.63, 3.8) is 0 Å². The molecule has 4 aliphatic rings. The van der Waals surface area contributed by atoms with Gasteiger partial charge in [0.25, 0.3) is 0 Å². The summed E-state index contributed by atoms with van der Waals surface area (Å²) in [6, 6.07) is 0. The minimum absolute atomic E-state index is 0.127. The largest absolute Gasteiger partial charge is 0.396 e. The zero-order valence-corrected chi connectivity index (χ0v) is 22.3. The van der Waals surface area contributed by atoms with E-state index in [9.17, 15) is 10.2 Å². The molecular formula is C30H54O2. The van der Waals surface area contributed by atoms with E-state index in [0.29, 0.717) is 22.9 Å². The summed E-state index contributed by atoms with van der Waals surface area (Å²) in [7, 11) is 0. The molecule has 0 bridgehead atoms. The van der Waals surface area contributed by atoms with Crippen LogP contribution in [0.15, 0.2) is 12.7 Å². The van der Waals surface area contributed by atoms with Crippen LogP contribution in [0.4, 0.5) is 0 Å². The van der Waals surface area contributed by atoms with Crippen LogP contribution in [0.3, 0.4) is 0 Å². The van der Waals surface area contributed by atoms with E-state index in [4.69, 9.17) is 0 Å². The third-order valence-corrected chi connectivity index (χ3v) is 12.1. The Morgan fingerprint density at radius 2 is 1.66 bits per heavy atom. The van der Waals surface area contributed by atoms with Gasteiger partial charge < -0.3 is 10.2 Å². The molecule has 0 aromatic heterocycles. The highest BCUT2D eigenvalue weighted by atomic mass is 16.3. The Morgan fingerprint density at radius 3 is 2.28 bits per heavy atom. The summed E-state index contributed by atoms with van der Waals surface area (Å²) >= 11 is 0. The maximum atomic E-state index is 10.4. The number of fused-ring (bicyclic) bond motifs is 5. The molecule has 4 saturated carbocycles. The molecule has 2 N–H and O–H groups in total. The van der Waals surface area contributed by atoms with Crippen molar-refractivity contribution in [2.24, 2.45) is 45.3 Å². The summed E-state index contributed by atoms with van der Waals surface area (Å²) in [6.45, 7) is 18.2. The van der Waals surface area contributed by atoms with Gasteiger partial charge in [0, 0.05) is 6.61 Å². The zero-order chi connectivity index (χ0) is 23.8. The van der Waals surface area contributed by atoms with Gasteiger partial charge in [-0.1, -0.05) is 47.1 Å². The van der Waals surface area contributed by atoms with E-state index < -0.39 is 0 Å². The van der Waals surface area contributed by atoms with Crippen LogP contribution in [0.2, 0.25) is 0 Å². The molecule has 2 nitrogen and oxygen atoms in total. The van der Waals surface area contributed by atoms with E-state index in [-0.39, 0.29) is 11.5 Å². The van der Waals surface area contributed by atoms with Crippen molar-refractivity contribution in [1.29, 1.82) is 0 Å². The molecule has 0 amide bonds. The lowest BCUT2D eigenvalue weighted by atomic mass is 9.34. The minimum Gasteiger partial charge on any atom is -0.396 e. The van der Waals surface area contributed by atoms with E-state index in [1.54, 1.807) is 6.08 Å². The van der Waals surface area contributed by atoms with Crippen LogP contribution in [0.5, 0.6) is 0 Å². The Balaban J connectivity index is 0.000000913. The molecule has 0 aromatic rings. The highest BCUT2D eigenvalue weighted by Gasteiger charge is 2.67. The average Bonchev–Trinajstić information content (AvgIpc) is 3.21. The Labute approximate surface area is 199 Å². The fourth-order valence-electron chi connectivity index (χ4n) is 9.62. The smallest absolute Gasteiger partial charge is 0.0537 e. The van der Waals surface area contributed by atoms with Crippen molar-refractivity contribution in [1.82, 2.24) is 0 Å². The fraction of sp³-hybridized carbons (Fsp3) is 0.933. The van der Waals surface area contributed by atoms with E-state index in [2.05, 4.69) is 41.2 Å².